The number of carbonyl (C=O) groups is 1. The molecule has 1 saturated carbocycles. The number of rotatable bonds is 7. The van der Waals surface area contributed by atoms with E-state index in [2.05, 4.69) is 0 Å². The molecule has 3 aromatic rings. The zero-order valence-electron chi connectivity index (χ0n) is 17.9. The van der Waals surface area contributed by atoms with Gasteiger partial charge in [0.05, 0.1) is 6.61 Å². The van der Waals surface area contributed by atoms with Gasteiger partial charge in [0, 0.05) is 6.42 Å². The molecule has 0 radical (unpaired) electrons. The number of alkyl halides is 4. The Kier molecular flexibility index (Phi) is 5.91. The van der Waals surface area contributed by atoms with E-state index in [9.17, 15) is 22.4 Å². The monoisotopic (exact) mass is 458 g/mol. The average Bonchev–Trinajstić information content (AvgIpc) is 2.82. The Morgan fingerprint density at radius 2 is 1.55 bits per heavy atom. The summed E-state index contributed by atoms with van der Waals surface area (Å²) in [5.41, 5.74) is -0.656. The van der Waals surface area contributed by atoms with Gasteiger partial charge in [0.1, 0.15) is 12.4 Å². The molecule has 1 aliphatic carbocycles. The highest BCUT2D eigenvalue weighted by Crippen LogP contribution is 2.64. The number of halogens is 4. The number of carbonyl (C=O) groups excluding carboxylic acids is 1. The van der Waals surface area contributed by atoms with Crippen molar-refractivity contribution in [3.05, 3.63) is 90.0 Å². The molecule has 4 rings (SSSR count). The number of hydrogen-bond acceptors (Lipinski definition) is 3. The second-order valence-electron chi connectivity index (χ2n) is 7.96. The van der Waals surface area contributed by atoms with Crippen molar-refractivity contribution in [2.24, 2.45) is 0 Å². The van der Waals surface area contributed by atoms with E-state index < -0.39 is 29.7 Å². The molecular weight excluding hydrogens is 436 g/mol. The maximum atomic E-state index is 14.7. The van der Waals surface area contributed by atoms with Crippen LogP contribution < -0.4 is 4.74 Å². The molecule has 0 N–H and O–H groups in total. The normalized spacial score (nSPS) is 20.5. The van der Waals surface area contributed by atoms with Crippen molar-refractivity contribution < 1.29 is 31.8 Å². The minimum Gasteiger partial charge on any atom is -0.494 e. The van der Waals surface area contributed by atoms with Crippen LogP contribution in [0.1, 0.15) is 24.5 Å². The van der Waals surface area contributed by atoms with E-state index in [0.29, 0.717) is 17.9 Å². The largest absolute Gasteiger partial charge is 0.494 e. The van der Waals surface area contributed by atoms with E-state index in [-0.39, 0.29) is 12.2 Å². The first-order valence-corrected chi connectivity index (χ1v) is 10.5. The molecule has 0 heterocycles. The number of esters is 1. The standard InChI is InChI=1S/C26H22F4O3/c1-2-32-22-13-11-21(12-14-22)24(17-25(27,28)26(24,29)30)23(31)33-16-18-7-6-10-20(15-18)19-8-4-3-5-9-19/h3-15H,2,16-17H2,1H3. The summed E-state index contributed by atoms with van der Waals surface area (Å²) in [4.78, 5) is 12.9. The molecule has 0 aromatic heterocycles. The first-order valence-electron chi connectivity index (χ1n) is 10.5. The Balaban J connectivity index is 1.59. The van der Waals surface area contributed by atoms with Crippen LogP contribution in [-0.4, -0.2) is 24.4 Å². The summed E-state index contributed by atoms with van der Waals surface area (Å²) in [6.07, 6.45) is -1.33. The van der Waals surface area contributed by atoms with E-state index in [0.717, 1.165) is 11.1 Å². The number of benzene rings is 3. The lowest BCUT2D eigenvalue weighted by Gasteiger charge is -2.51. The molecule has 1 fully saturated rings. The Labute approximate surface area is 189 Å². The lowest BCUT2D eigenvalue weighted by atomic mass is 9.58. The average molecular weight is 458 g/mol. The van der Waals surface area contributed by atoms with Crippen molar-refractivity contribution >= 4 is 5.97 Å². The number of hydrogen-bond donors (Lipinski definition) is 0. The highest BCUT2D eigenvalue weighted by molar-refractivity contribution is 5.87. The van der Waals surface area contributed by atoms with E-state index in [1.807, 2.05) is 36.4 Å². The van der Waals surface area contributed by atoms with Gasteiger partial charge in [-0.15, -0.1) is 0 Å². The molecule has 1 atom stereocenters. The molecule has 3 nitrogen and oxygen atoms in total. The smallest absolute Gasteiger partial charge is 0.330 e. The fourth-order valence-electron chi connectivity index (χ4n) is 4.11. The summed E-state index contributed by atoms with van der Waals surface area (Å²) >= 11 is 0. The van der Waals surface area contributed by atoms with Crippen molar-refractivity contribution in [1.29, 1.82) is 0 Å². The zero-order valence-corrected chi connectivity index (χ0v) is 17.9. The maximum absolute atomic E-state index is 14.7. The van der Waals surface area contributed by atoms with Crippen molar-refractivity contribution in [2.75, 3.05) is 6.61 Å². The van der Waals surface area contributed by atoms with Crippen LogP contribution in [0.2, 0.25) is 0 Å². The first kappa shape index (κ1) is 22.8. The van der Waals surface area contributed by atoms with Crippen LogP contribution in [-0.2, 0) is 21.6 Å². The number of ether oxygens (including phenoxy) is 2. The summed E-state index contributed by atoms with van der Waals surface area (Å²) in [6.45, 7) is 1.78. The third-order valence-electron chi connectivity index (χ3n) is 5.89. The molecule has 33 heavy (non-hydrogen) atoms. The Morgan fingerprint density at radius 1 is 0.879 bits per heavy atom. The molecule has 172 valence electrons. The van der Waals surface area contributed by atoms with Gasteiger partial charge in [-0.3, -0.25) is 4.79 Å². The van der Waals surface area contributed by atoms with E-state index in [1.165, 1.54) is 24.3 Å². The first-order chi connectivity index (χ1) is 15.7. The van der Waals surface area contributed by atoms with Crippen LogP contribution >= 0.6 is 0 Å². The van der Waals surface area contributed by atoms with Gasteiger partial charge in [-0.25, -0.2) is 0 Å². The SMILES string of the molecule is CCOc1ccc(C2(C(=O)OCc3cccc(-c4ccccc4)c3)CC(F)(F)C2(F)F)cc1. The second kappa shape index (κ2) is 8.54. The highest BCUT2D eigenvalue weighted by atomic mass is 19.3. The molecule has 0 amide bonds. The minimum absolute atomic E-state index is 0.232. The zero-order chi connectivity index (χ0) is 23.7. The van der Waals surface area contributed by atoms with Crippen LogP contribution in [0.15, 0.2) is 78.9 Å². The summed E-state index contributed by atoms with van der Waals surface area (Å²) in [5, 5.41) is 0. The third-order valence-corrected chi connectivity index (χ3v) is 5.89. The van der Waals surface area contributed by atoms with Gasteiger partial charge < -0.3 is 9.47 Å². The molecule has 0 spiro atoms. The summed E-state index contributed by atoms with van der Waals surface area (Å²) < 4.78 is 67.7. The fraction of sp³-hybridized carbons (Fsp3) is 0.269. The van der Waals surface area contributed by atoms with E-state index in [4.69, 9.17) is 9.47 Å². The molecule has 0 aliphatic heterocycles. The minimum atomic E-state index is -4.59. The van der Waals surface area contributed by atoms with E-state index >= 15 is 0 Å². The molecule has 7 heteroatoms. The lowest BCUT2D eigenvalue weighted by Crippen LogP contribution is -2.72. The quantitative estimate of drug-likeness (QED) is 0.303. The molecule has 0 saturated heterocycles. The van der Waals surface area contributed by atoms with Gasteiger partial charge in [0.15, 0.2) is 5.41 Å². The predicted molar refractivity (Wildman–Crippen MR) is 115 cm³/mol. The van der Waals surface area contributed by atoms with Crippen molar-refractivity contribution in [3.63, 3.8) is 0 Å². The van der Waals surface area contributed by atoms with Crippen LogP contribution in [0, 0.1) is 0 Å². The van der Waals surface area contributed by atoms with Crippen LogP contribution in [0.4, 0.5) is 17.6 Å². The van der Waals surface area contributed by atoms with Crippen LogP contribution in [0.25, 0.3) is 11.1 Å². The van der Waals surface area contributed by atoms with Gasteiger partial charge in [-0.05, 0) is 47.4 Å². The topological polar surface area (TPSA) is 35.5 Å². The van der Waals surface area contributed by atoms with Gasteiger partial charge in [0.25, 0.3) is 0 Å². The molecule has 1 unspecified atom stereocenters. The van der Waals surface area contributed by atoms with Crippen LogP contribution in [0.5, 0.6) is 5.75 Å². The van der Waals surface area contributed by atoms with Crippen molar-refractivity contribution in [1.82, 2.24) is 0 Å². The van der Waals surface area contributed by atoms with Gasteiger partial charge in [-0.1, -0.05) is 60.7 Å². The molecular formula is C26H22F4O3. The molecule has 0 bridgehead atoms. The maximum Gasteiger partial charge on any atom is 0.330 e. The Bertz CT molecular complexity index is 1130. The van der Waals surface area contributed by atoms with Crippen molar-refractivity contribution in [2.45, 2.75) is 37.2 Å². The summed E-state index contributed by atoms with van der Waals surface area (Å²) in [6, 6.07) is 21.7. The molecule has 1 aliphatic rings. The fourth-order valence-corrected chi connectivity index (χ4v) is 4.11. The summed E-state index contributed by atoms with van der Waals surface area (Å²) in [5.74, 6) is -9.89. The molecule has 3 aromatic carbocycles. The van der Waals surface area contributed by atoms with E-state index in [1.54, 1.807) is 25.1 Å². The second-order valence-corrected chi connectivity index (χ2v) is 7.96. The van der Waals surface area contributed by atoms with Gasteiger partial charge >= 0.3 is 17.8 Å². The summed E-state index contributed by atoms with van der Waals surface area (Å²) in [7, 11) is 0. The Hall–Kier alpha value is -3.35. The third kappa shape index (κ3) is 3.86. The lowest BCUT2D eigenvalue weighted by molar-refractivity contribution is -0.323. The van der Waals surface area contributed by atoms with Crippen LogP contribution in [0.3, 0.4) is 0 Å². The van der Waals surface area contributed by atoms with Crippen molar-refractivity contribution in [3.8, 4) is 16.9 Å². The van der Waals surface area contributed by atoms with Gasteiger partial charge in [-0.2, -0.15) is 17.6 Å². The Morgan fingerprint density at radius 3 is 2.15 bits per heavy atom. The highest BCUT2D eigenvalue weighted by Gasteiger charge is 2.84. The van der Waals surface area contributed by atoms with Gasteiger partial charge in [0.2, 0.25) is 0 Å². The predicted octanol–water partition coefficient (Wildman–Crippen LogP) is 6.41.